The zero-order valence-corrected chi connectivity index (χ0v) is 17.6. The largest absolute Gasteiger partial charge is 0.384 e. The predicted molar refractivity (Wildman–Crippen MR) is 124 cm³/mol. The van der Waals surface area contributed by atoms with Gasteiger partial charge in [0, 0.05) is 9.79 Å². The number of thioether (sulfide) groups is 2. The van der Waals surface area contributed by atoms with Crippen molar-refractivity contribution in [1.82, 2.24) is 0 Å². The first kappa shape index (κ1) is 19.1. The van der Waals surface area contributed by atoms with Crippen LogP contribution in [0.1, 0.15) is 28.4 Å². The second kappa shape index (κ2) is 8.44. The third kappa shape index (κ3) is 3.83. The van der Waals surface area contributed by atoms with E-state index in [1.165, 1.54) is 20.9 Å². The quantitative estimate of drug-likeness (QED) is 0.474. The highest BCUT2D eigenvalue weighted by Crippen LogP contribution is 2.42. The Labute approximate surface area is 175 Å². The van der Waals surface area contributed by atoms with Crippen LogP contribution in [-0.2, 0) is 0 Å². The van der Waals surface area contributed by atoms with Gasteiger partial charge in [0.05, 0.1) is 0 Å². The van der Waals surface area contributed by atoms with Crippen molar-refractivity contribution in [2.45, 2.75) is 15.9 Å². The van der Waals surface area contributed by atoms with Crippen molar-refractivity contribution in [3.05, 3.63) is 101 Å². The summed E-state index contributed by atoms with van der Waals surface area (Å²) < 4.78 is 0. The Morgan fingerprint density at radius 2 is 1.32 bits per heavy atom. The number of aliphatic hydroxyl groups is 1. The van der Waals surface area contributed by atoms with Crippen LogP contribution in [0.25, 0.3) is 17.2 Å². The minimum Gasteiger partial charge on any atom is -0.384 e. The fourth-order valence-corrected chi connectivity index (χ4v) is 4.32. The number of rotatable bonds is 5. The molecule has 0 fully saturated rings. The molecule has 0 aromatic heterocycles. The van der Waals surface area contributed by atoms with E-state index in [-0.39, 0.29) is 0 Å². The summed E-state index contributed by atoms with van der Waals surface area (Å²) in [7, 11) is 0. The van der Waals surface area contributed by atoms with Crippen molar-refractivity contribution in [1.29, 1.82) is 0 Å². The molecular weight excluding hydrogens is 380 g/mol. The van der Waals surface area contributed by atoms with E-state index < -0.39 is 6.10 Å². The molecule has 0 heterocycles. The van der Waals surface area contributed by atoms with Crippen LogP contribution in [0, 0.1) is 0 Å². The molecule has 1 N–H and O–H groups in total. The van der Waals surface area contributed by atoms with Crippen LogP contribution < -0.4 is 0 Å². The smallest absolute Gasteiger partial charge is 0.105 e. The SMILES string of the molecule is CSc1ccc(/C=C2/C=C([C@H](O)c3ccc(SC)cc3)c3ccccc32)cc1. The summed E-state index contributed by atoms with van der Waals surface area (Å²) in [6.45, 7) is 0. The molecule has 28 heavy (non-hydrogen) atoms. The van der Waals surface area contributed by atoms with Gasteiger partial charge in [-0.05, 0) is 82.3 Å². The summed E-state index contributed by atoms with van der Waals surface area (Å²) in [5, 5.41) is 11.1. The lowest BCUT2D eigenvalue weighted by Crippen LogP contribution is -1.99. The first-order chi connectivity index (χ1) is 13.7. The summed E-state index contributed by atoms with van der Waals surface area (Å²) >= 11 is 3.45. The third-order valence-corrected chi connectivity index (χ3v) is 6.51. The molecule has 0 saturated heterocycles. The molecule has 1 nitrogen and oxygen atoms in total. The van der Waals surface area contributed by atoms with Crippen molar-refractivity contribution >= 4 is 40.7 Å². The van der Waals surface area contributed by atoms with Crippen LogP contribution >= 0.6 is 23.5 Å². The molecule has 3 heteroatoms. The predicted octanol–water partition coefficient (Wildman–Crippen LogP) is 6.80. The average Bonchev–Trinajstić information content (AvgIpc) is 3.12. The maximum atomic E-state index is 11.1. The van der Waals surface area contributed by atoms with Gasteiger partial charge in [-0.1, -0.05) is 48.5 Å². The second-order valence-electron chi connectivity index (χ2n) is 6.69. The van der Waals surface area contributed by atoms with Gasteiger partial charge < -0.3 is 5.11 Å². The zero-order chi connectivity index (χ0) is 19.5. The molecule has 3 aromatic carbocycles. The van der Waals surface area contributed by atoms with Gasteiger partial charge in [-0.15, -0.1) is 23.5 Å². The van der Waals surface area contributed by atoms with Gasteiger partial charge in [0.15, 0.2) is 0 Å². The first-order valence-electron chi connectivity index (χ1n) is 9.19. The molecule has 1 aliphatic carbocycles. The Bertz CT molecular complexity index is 1030. The Hall–Kier alpha value is -2.20. The standard InChI is InChI=1S/C25H22OS2/c1-27-20-11-7-17(8-12-20)15-19-16-24(23-6-4-3-5-22(19)23)25(26)18-9-13-21(28-2)14-10-18/h3-16,25-26H,1-2H3/b19-15-/t25-/m1/s1. The van der Waals surface area contributed by atoms with Crippen molar-refractivity contribution in [3.8, 4) is 0 Å². The van der Waals surface area contributed by atoms with E-state index >= 15 is 0 Å². The summed E-state index contributed by atoms with van der Waals surface area (Å²) in [5.74, 6) is 0. The molecule has 0 amide bonds. The Morgan fingerprint density at radius 1 is 0.750 bits per heavy atom. The van der Waals surface area contributed by atoms with Crippen molar-refractivity contribution in [3.63, 3.8) is 0 Å². The van der Waals surface area contributed by atoms with E-state index in [9.17, 15) is 5.11 Å². The molecule has 0 radical (unpaired) electrons. The van der Waals surface area contributed by atoms with E-state index in [2.05, 4.69) is 79.3 Å². The molecule has 0 saturated carbocycles. The van der Waals surface area contributed by atoms with E-state index in [1.54, 1.807) is 23.5 Å². The summed E-state index contributed by atoms with van der Waals surface area (Å²) in [6.07, 6.45) is 7.83. The fraction of sp³-hybridized carbons (Fsp3) is 0.120. The molecule has 4 rings (SSSR count). The van der Waals surface area contributed by atoms with E-state index in [0.29, 0.717) is 0 Å². The topological polar surface area (TPSA) is 20.2 Å². The molecule has 0 unspecified atom stereocenters. The van der Waals surface area contributed by atoms with Gasteiger partial charge in [-0.2, -0.15) is 0 Å². The monoisotopic (exact) mass is 402 g/mol. The van der Waals surface area contributed by atoms with Crippen molar-refractivity contribution in [2.75, 3.05) is 12.5 Å². The van der Waals surface area contributed by atoms with Gasteiger partial charge in [-0.25, -0.2) is 0 Å². The van der Waals surface area contributed by atoms with Crippen LogP contribution in [0.2, 0.25) is 0 Å². The lowest BCUT2D eigenvalue weighted by molar-refractivity contribution is 0.238. The number of aliphatic hydroxyl groups excluding tert-OH is 1. The number of allylic oxidation sites excluding steroid dienone is 2. The van der Waals surface area contributed by atoms with Crippen LogP contribution in [0.5, 0.6) is 0 Å². The van der Waals surface area contributed by atoms with Gasteiger partial charge in [0.1, 0.15) is 6.10 Å². The van der Waals surface area contributed by atoms with E-state index in [4.69, 9.17) is 0 Å². The zero-order valence-electron chi connectivity index (χ0n) is 15.9. The highest BCUT2D eigenvalue weighted by molar-refractivity contribution is 7.98. The molecule has 0 aliphatic heterocycles. The molecule has 3 aromatic rings. The van der Waals surface area contributed by atoms with Crippen LogP contribution in [0.4, 0.5) is 0 Å². The molecule has 1 aliphatic rings. The lowest BCUT2D eigenvalue weighted by atomic mass is 9.96. The van der Waals surface area contributed by atoms with Crippen LogP contribution in [0.15, 0.2) is 88.7 Å². The summed E-state index contributed by atoms with van der Waals surface area (Å²) in [5.41, 5.74) is 6.47. The molecule has 0 spiro atoms. The Kier molecular flexibility index (Phi) is 5.77. The highest BCUT2D eigenvalue weighted by Gasteiger charge is 2.24. The fourth-order valence-electron chi connectivity index (χ4n) is 3.50. The molecule has 0 bridgehead atoms. The van der Waals surface area contributed by atoms with Gasteiger partial charge in [0.2, 0.25) is 0 Å². The molecule has 1 atom stereocenters. The maximum Gasteiger partial charge on any atom is 0.105 e. The van der Waals surface area contributed by atoms with Gasteiger partial charge in [0.25, 0.3) is 0 Å². The van der Waals surface area contributed by atoms with Crippen molar-refractivity contribution in [2.24, 2.45) is 0 Å². The number of fused-ring (bicyclic) bond motifs is 1. The van der Waals surface area contributed by atoms with Gasteiger partial charge >= 0.3 is 0 Å². The number of benzene rings is 3. The first-order valence-corrected chi connectivity index (χ1v) is 11.6. The number of hydrogen-bond donors (Lipinski definition) is 1. The second-order valence-corrected chi connectivity index (χ2v) is 8.45. The molecular formula is C25H22OS2. The lowest BCUT2D eigenvalue weighted by Gasteiger charge is -2.14. The average molecular weight is 403 g/mol. The normalized spacial score (nSPS) is 15.4. The maximum absolute atomic E-state index is 11.1. The van der Waals surface area contributed by atoms with Crippen LogP contribution in [-0.4, -0.2) is 17.6 Å². The van der Waals surface area contributed by atoms with E-state index in [1.807, 2.05) is 18.2 Å². The van der Waals surface area contributed by atoms with Crippen LogP contribution in [0.3, 0.4) is 0 Å². The van der Waals surface area contributed by atoms with E-state index in [0.717, 1.165) is 22.3 Å². The van der Waals surface area contributed by atoms with Crippen molar-refractivity contribution < 1.29 is 5.11 Å². The third-order valence-electron chi connectivity index (χ3n) is 5.02. The highest BCUT2D eigenvalue weighted by atomic mass is 32.2. The molecule has 140 valence electrons. The summed E-state index contributed by atoms with van der Waals surface area (Å²) in [4.78, 5) is 2.46. The minimum atomic E-state index is -0.637. The Morgan fingerprint density at radius 3 is 1.93 bits per heavy atom. The Balaban J connectivity index is 1.72. The summed E-state index contributed by atoms with van der Waals surface area (Å²) in [6, 6.07) is 25.1. The minimum absolute atomic E-state index is 0.637. The van der Waals surface area contributed by atoms with Gasteiger partial charge in [-0.3, -0.25) is 0 Å². The number of hydrogen-bond acceptors (Lipinski definition) is 3.